The van der Waals surface area contributed by atoms with E-state index in [-0.39, 0.29) is 74.4 Å². The van der Waals surface area contributed by atoms with Crippen LogP contribution in [0.2, 0.25) is 0 Å². The Morgan fingerprint density at radius 2 is 0.667 bits per heavy atom. The number of carboxylic acid groups (broad SMARTS) is 4. The highest BCUT2D eigenvalue weighted by atomic mass is 16.5. The minimum Gasteiger partial charge on any atom is -0.508 e. The Labute approximate surface area is 346 Å². The molecule has 0 saturated carbocycles. The van der Waals surface area contributed by atoms with Crippen LogP contribution in [-0.2, 0) is 44.9 Å². The summed E-state index contributed by atoms with van der Waals surface area (Å²) in [4.78, 5) is 46.5. The smallest absolute Gasteiger partial charge is 0.307 e. The fourth-order valence-electron chi connectivity index (χ4n) is 7.05. The van der Waals surface area contributed by atoms with Gasteiger partial charge in [0.15, 0.2) is 0 Å². The topological polar surface area (TPSA) is 267 Å². The van der Waals surface area contributed by atoms with E-state index in [1.54, 1.807) is 24.3 Å². The second-order valence-corrected chi connectivity index (χ2v) is 14.2. The van der Waals surface area contributed by atoms with Crippen LogP contribution in [0.5, 0.6) is 46.0 Å². The minimum atomic E-state index is -1.07. The SMILES string of the molecule is COc1cc(O)cc(C[C@@H](CCC(=O)O)[C@@H](Cc2cc(O)cc(OC)c2)C(=O)O)c1.COc1cc(O)cc(C[C@H](CCC(=O)O)[C@H](Cc2cc(O)cc(OC)c2)C(=O)O)c1. The third-order valence-corrected chi connectivity index (χ3v) is 9.88. The van der Waals surface area contributed by atoms with Gasteiger partial charge in [0.2, 0.25) is 0 Å². The van der Waals surface area contributed by atoms with Gasteiger partial charge < -0.3 is 59.8 Å². The van der Waals surface area contributed by atoms with E-state index in [9.17, 15) is 49.8 Å². The summed E-state index contributed by atoms with van der Waals surface area (Å²) >= 11 is 0. The first-order chi connectivity index (χ1) is 28.4. The van der Waals surface area contributed by atoms with Gasteiger partial charge in [-0.3, -0.25) is 19.2 Å². The molecule has 0 heterocycles. The van der Waals surface area contributed by atoms with Crippen molar-refractivity contribution in [2.45, 2.75) is 51.4 Å². The molecule has 0 fully saturated rings. The van der Waals surface area contributed by atoms with Crippen LogP contribution in [0.15, 0.2) is 72.8 Å². The predicted molar refractivity (Wildman–Crippen MR) is 216 cm³/mol. The van der Waals surface area contributed by atoms with Crippen LogP contribution in [0.4, 0.5) is 0 Å². The molecule has 324 valence electrons. The van der Waals surface area contributed by atoms with Crippen molar-refractivity contribution >= 4 is 23.9 Å². The molecule has 0 spiro atoms. The molecule has 4 rings (SSSR count). The first kappa shape index (κ1) is 47.5. The van der Waals surface area contributed by atoms with Crippen molar-refractivity contribution in [3.63, 3.8) is 0 Å². The monoisotopic (exact) mass is 836 g/mol. The molecule has 0 unspecified atom stereocenters. The Morgan fingerprint density at radius 3 is 0.883 bits per heavy atom. The molecule has 0 radical (unpaired) electrons. The van der Waals surface area contributed by atoms with E-state index in [4.69, 9.17) is 29.2 Å². The molecule has 4 aromatic rings. The van der Waals surface area contributed by atoms with E-state index in [2.05, 4.69) is 0 Å². The van der Waals surface area contributed by atoms with Crippen LogP contribution in [0.25, 0.3) is 0 Å². The van der Waals surface area contributed by atoms with Crippen molar-refractivity contribution < 1.29 is 79.0 Å². The number of aliphatic carboxylic acids is 4. The number of ether oxygens (including phenoxy) is 4. The second kappa shape index (κ2) is 22.9. The Balaban J connectivity index is 0.000000320. The summed E-state index contributed by atoms with van der Waals surface area (Å²) in [6, 6.07) is 18.3. The molecule has 4 atom stereocenters. The molecule has 0 amide bonds. The zero-order chi connectivity index (χ0) is 44.5. The van der Waals surface area contributed by atoms with Crippen LogP contribution < -0.4 is 18.9 Å². The van der Waals surface area contributed by atoms with Gasteiger partial charge in [0.1, 0.15) is 46.0 Å². The fraction of sp³-hybridized carbons (Fsp3) is 0.364. The molecule has 16 nitrogen and oxygen atoms in total. The van der Waals surface area contributed by atoms with Gasteiger partial charge in [-0.25, -0.2) is 0 Å². The Kier molecular flexibility index (Phi) is 18.2. The lowest BCUT2D eigenvalue weighted by Gasteiger charge is -2.24. The van der Waals surface area contributed by atoms with Crippen molar-refractivity contribution in [3.8, 4) is 46.0 Å². The number of hydrogen-bond donors (Lipinski definition) is 8. The van der Waals surface area contributed by atoms with E-state index in [1.807, 2.05) is 0 Å². The number of carboxylic acids is 4. The second-order valence-electron chi connectivity index (χ2n) is 14.2. The van der Waals surface area contributed by atoms with Crippen molar-refractivity contribution in [2.75, 3.05) is 28.4 Å². The fourth-order valence-corrected chi connectivity index (χ4v) is 7.05. The summed E-state index contributed by atoms with van der Waals surface area (Å²) < 4.78 is 20.5. The van der Waals surface area contributed by atoms with Crippen molar-refractivity contribution in [1.82, 2.24) is 0 Å². The maximum atomic E-state index is 12.1. The summed E-state index contributed by atoms with van der Waals surface area (Å²) in [6.45, 7) is 0. The van der Waals surface area contributed by atoms with Crippen LogP contribution in [0.3, 0.4) is 0 Å². The Hall–Kier alpha value is -6.84. The molecule has 16 heteroatoms. The van der Waals surface area contributed by atoms with E-state index in [0.29, 0.717) is 45.3 Å². The number of aromatic hydroxyl groups is 4. The van der Waals surface area contributed by atoms with Gasteiger partial charge in [-0.05, 0) is 121 Å². The highest BCUT2D eigenvalue weighted by molar-refractivity contribution is 5.72. The summed E-state index contributed by atoms with van der Waals surface area (Å²) in [6.07, 6.45) is 0.554. The molecule has 0 aliphatic carbocycles. The Bertz CT molecular complexity index is 1930. The summed E-state index contributed by atoms with van der Waals surface area (Å²) in [5, 5.41) is 77.5. The van der Waals surface area contributed by atoms with Gasteiger partial charge in [-0.15, -0.1) is 0 Å². The van der Waals surface area contributed by atoms with Crippen LogP contribution in [0, 0.1) is 23.7 Å². The van der Waals surface area contributed by atoms with Gasteiger partial charge >= 0.3 is 23.9 Å². The highest BCUT2D eigenvalue weighted by Gasteiger charge is 2.31. The zero-order valence-electron chi connectivity index (χ0n) is 33.7. The Morgan fingerprint density at radius 1 is 0.417 bits per heavy atom. The molecule has 0 aliphatic rings. The maximum absolute atomic E-state index is 12.1. The normalized spacial score (nSPS) is 12.7. The van der Waals surface area contributed by atoms with Gasteiger partial charge in [0, 0.05) is 37.1 Å². The molecule has 0 bridgehead atoms. The summed E-state index contributed by atoms with van der Waals surface area (Å²) in [7, 11) is 5.79. The van der Waals surface area contributed by atoms with Gasteiger partial charge in [0.25, 0.3) is 0 Å². The standard InChI is InChI=1S/2C22H26O8/c2*1-29-18-8-13(6-16(23)11-18)5-15(3-4-21(25)26)20(22(27)28)10-14-7-17(24)12-19(9-14)30-2/h2*6-9,11-12,15,20,23-24H,3-5,10H2,1-2H3,(H,25,26)(H,27,28)/t2*15-,20-/m10/s1. The molecule has 0 aliphatic heterocycles. The van der Waals surface area contributed by atoms with Crippen molar-refractivity contribution in [2.24, 2.45) is 23.7 Å². The third kappa shape index (κ3) is 15.5. The molecule has 0 saturated heterocycles. The molecule has 60 heavy (non-hydrogen) atoms. The average Bonchev–Trinajstić information content (AvgIpc) is 3.18. The highest BCUT2D eigenvalue weighted by Crippen LogP contribution is 2.34. The lowest BCUT2D eigenvalue weighted by Crippen LogP contribution is -2.28. The van der Waals surface area contributed by atoms with Crippen LogP contribution in [0.1, 0.15) is 47.9 Å². The summed E-state index contributed by atoms with van der Waals surface area (Å²) in [5.74, 6) is -5.56. The van der Waals surface area contributed by atoms with E-state index < -0.39 is 47.5 Å². The van der Waals surface area contributed by atoms with Gasteiger partial charge in [0.05, 0.1) is 40.3 Å². The number of benzene rings is 4. The summed E-state index contributed by atoms with van der Waals surface area (Å²) in [5.41, 5.74) is 2.41. The number of rotatable bonds is 22. The number of methoxy groups -OCH3 is 4. The van der Waals surface area contributed by atoms with E-state index >= 15 is 0 Å². The quantitative estimate of drug-likeness (QED) is 0.0440. The predicted octanol–water partition coefficient (Wildman–Crippen LogP) is 6.16. The number of phenols is 4. The minimum absolute atomic E-state index is 0.0223. The van der Waals surface area contributed by atoms with Gasteiger partial charge in [-0.2, -0.15) is 0 Å². The van der Waals surface area contributed by atoms with E-state index in [1.165, 1.54) is 77.0 Å². The van der Waals surface area contributed by atoms with Gasteiger partial charge in [-0.1, -0.05) is 0 Å². The van der Waals surface area contributed by atoms with Crippen LogP contribution in [-0.4, -0.2) is 93.2 Å². The number of phenolic OH excluding ortho intramolecular Hbond substituents is 4. The number of carbonyl (C=O) groups is 4. The van der Waals surface area contributed by atoms with Crippen molar-refractivity contribution in [1.29, 1.82) is 0 Å². The molecular weight excluding hydrogens is 784 g/mol. The zero-order valence-corrected chi connectivity index (χ0v) is 33.7. The molecule has 0 aromatic heterocycles. The largest absolute Gasteiger partial charge is 0.508 e. The lowest BCUT2D eigenvalue weighted by molar-refractivity contribution is -0.145. The lowest BCUT2D eigenvalue weighted by atomic mass is 9.80. The molecule has 8 N–H and O–H groups in total. The first-order valence-electron chi connectivity index (χ1n) is 18.8. The first-order valence-corrected chi connectivity index (χ1v) is 18.8. The number of hydrogen-bond acceptors (Lipinski definition) is 12. The average molecular weight is 837 g/mol. The van der Waals surface area contributed by atoms with Crippen molar-refractivity contribution in [3.05, 3.63) is 95.1 Å². The molecule has 4 aromatic carbocycles. The van der Waals surface area contributed by atoms with Crippen LogP contribution >= 0.6 is 0 Å². The maximum Gasteiger partial charge on any atom is 0.307 e. The molecular formula is C44H52O16. The third-order valence-electron chi connectivity index (χ3n) is 9.88. The van der Waals surface area contributed by atoms with E-state index in [0.717, 1.165) is 0 Å².